The lowest BCUT2D eigenvalue weighted by Gasteiger charge is -2.19. The van der Waals surface area contributed by atoms with Gasteiger partial charge in [-0.05, 0) is 0 Å². The van der Waals surface area contributed by atoms with Gasteiger partial charge in [0.25, 0.3) is 0 Å². The van der Waals surface area contributed by atoms with E-state index in [9.17, 15) is 9.59 Å². The number of hydrogen-bond acceptors (Lipinski definition) is 12. The van der Waals surface area contributed by atoms with Gasteiger partial charge in [-0.15, -0.1) is 0 Å². The Morgan fingerprint density at radius 3 is 1.00 bits per heavy atom. The van der Waals surface area contributed by atoms with Gasteiger partial charge in [0.15, 0.2) is 11.6 Å². The summed E-state index contributed by atoms with van der Waals surface area (Å²) >= 11 is 0. The molecule has 0 aliphatic carbocycles. The Labute approximate surface area is 136 Å². The first-order chi connectivity index (χ1) is 11.1. The predicted octanol–water partition coefficient (Wildman–Crippen LogP) is -6.75. The Balaban J connectivity index is 0. The SMILES string of the molecule is O=C(CO)[C@@H](O)[C@@H](O)[C@H](O)CO.O=C(CO)[C@@H](O)[C@@H](O)[C@H](O)CO. The monoisotopic (exact) mass is 360 g/mol. The molecule has 0 aromatic carbocycles. The van der Waals surface area contributed by atoms with Crippen LogP contribution in [0.3, 0.4) is 0 Å². The maximum absolute atomic E-state index is 10.5. The molecule has 0 aromatic rings. The normalized spacial score (nSPS) is 18.4. The van der Waals surface area contributed by atoms with E-state index in [0.717, 1.165) is 0 Å². The van der Waals surface area contributed by atoms with Crippen molar-refractivity contribution >= 4 is 11.6 Å². The molecule has 0 bridgehead atoms. The Morgan fingerprint density at radius 2 is 0.833 bits per heavy atom. The number of aliphatic hydroxyl groups excluding tert-OH is 10. The largest absolute Gasteiger partial charge is 0.394 e. The van der Waals surface area contributed by atoms with Crippen LogP contribution < -0.4 is 0 Å². The van der Waals surface area contributed by atoms with Crippen LogP contribution in [-0.2, 0) is 9.59 Å². The highest BCUT2D eigenvalue weighted by Gasteiger charge is 2.29. The van der Waals surface area contributed by atoms with Crippen LogP contribution in [0.25, 0.3) is 0 Å². The van der Waals surface area contributed by atoms with E-state index in [1.807, 2.05) is 0 Å². The Kier molecular flexibility index (Phi) is 13.9. The highest BCUT2D eigenvalue weighted by Crippen LogP contribution is 2.01. The second-order valence-electron chi connectivity index (χ2n) is 4.62. The summed E-state index contributed by atoms with van der Waals surface area (Å²) in [7, 11) is 0. The number of hydrogen-bond donors (Lipinski definition) is 10. The Morgan fingerprint density at radius 1 is 0.583 bits per heavy atom. The summed E-state index contributed by atoms with van der Waals surface area (Å²) in [6, 6.07) is 0. The number of carbonyl (C=O) groups excluding carboxylic acids is 2. The lowest BCUT2D eigenvalue weighted by Crippen LogP contribution is -2.44. The number of rotatable bonds is 10. The van der Waals surface area contributed by atoms with E-state index in [4.69, 9.17) is 51.1 Å². The topological polar surface area (TPSA) is 236 Å². The smallest absolute Gasteiger partial charge is 0.189 e. The Bertz CT molecular complexity index is 328. The van der Waals surface area contributed by atoms with Gasteiger partial charge in [0.05, 0.1) is 13.2 Å². The highest BCUT2D eigenvalue weighted by molar-refractivity contribution is 5.84. The van der Waals surface area contributed by atoms with Gasteiger partial charge < -0.3 is 51.1 Å². The molecule has 0 saturated carbocycles. The summed E-state index contributed by atoms with van der Waals surface area (Å²) in [6.45, 7) is -3.37. The molecule has 0 amide bonds. The molecule has 0 radical (unpaired) electrons. The molecule has 24 heavy (non-hydrogen) atoms. The minimum Gasteiger partial charge on any atom is -0.394 e. The molecule has 12 nitrogen and oxygen atoms in total. The average Bonchev–Trinajstić information content (AvgIpc) is 2.62. The first-order valence-electron chi connectivity index (χ1n) is 6.66. The van der Waals surface area contributed by atoms with Gasteiger partial charge in [-0.1, -0.05) is 0 Å². The summed E-state index contributed by atoms with van der Waals surface area (Å²) in [5, 5.41) is 86.1. The number of carbonyl (C=O) groups is 2. The fourth-order valence-corrected chi connectivity index (χ4v) is 1.20. The van der Waals surface area contributed by atoms with Crippen LogP contribution in [0.5, 0.6) is 0 Å². The maximum atomic E-state index is 10.5. The quantitative estimate of drug-likeness (QED) is 0.175. The lowest BCUT2D eigenvalue weighted by atomic mass is 10.1. The van der Waals surface area contributed by atoms with Crippen LogP contribution in [0.2, 0.25) is 0 Å². The minimum atomic E-state index is -1.86. The van der Waals surface area contributed by atoms with Gasteiger partial charge >= 0.3 is 0 Å². The molecule has 0 rings (SSSR count). The van der Waals surface area contributed by atoms with Crippen molar-refractivity contribution in [3.05, 3.63) is 0 Å². The number of Topliss-reactive ketones (excluding diaryl/α,β-unsaturated/α-hetero) is 2. The maximum Gasteiger partial charge on any atom is 0.189 e. The molecule has 0 spiro atoms. The van der Waals surface area contributed by atoms with Crippen molar-refractivity contribution in [2.75, 3.05) is 26.4 Å². The van der Waals surface area contributed by atoms with Crippen molar-refractivity contribution in [3.63, 3.8) is 0 Å². The first kappa shape index (κ1) is 25.2. The minimum absolute atomic E-state index is 0.767. The van der Waals surface area contributed by atoms with Crippen LogP contribution in [0.4, 0.5) is 0 Å². The van der Waals surface area contributed by atoms with Crippen molar-refractivity contribution in [3.8, 4) is 0 Å². The molecule has 6 atom stereocenters. The van der Waals surface area contributed by atoms with E-state index in [1.54, 1.807) is 0 Å². The van der Waals surface area contributed by atoms with E-state index >= 15 is 0 Å². The summed E-state index contributed by atoms with van der Waals surface area (Å²) < 4.78 is 0. The second-order valence-corrected chi connectivity index (χ2v) is 4.62. The molecule has 0 aromatic heterocycles. The average molecular weight is 360 g/mol. The van der Waals surface area contributed by atoms with Crippen molar-refractivity contribution < 1.29 is 60.7 Å². The molecule has 144 valence electrons. The molecule has 0 aliphatic heterocycles. The van der Waals surface area contributed by atoms with Gasteiger partial charge in [0.1, 0.15) is 49.8 Å². The fraction of sp³-hybridized carbons (Fsp3) is 0.833. The van der Waals surface area contributed by atoms with Gasteiger partial charge in [0.2, 0.25) is 0 Å². The number of ketones is 2. The predicted molar refractivity (Wildman–Crippen MR) is 74.4 cm³/mol. The summed E-state index contributed by atoms with van der Waals surface area (Å²) in [4.78, 5) is 21.0. The zero-order valence-corrected chi connectivity index (χ0v) is 12.6. The molecule has 0 unspecified atom stereocenters. The van der Waals surface area contributed by atoms with Crippen molar-refractivity contribution in [1.29, 1.82) is 0 Å². The van der Waals surface area contributed by atoms with E-state index in [0.29, 0.717) is 0 Å². The molecule has 0 heterocycles. The highest BCUT2D eigenvalue weighted by atomic mass is 16.4. The lowest BCUT2D eigenvalue weighted by molar-refractivity contribution is -0.143. The van der Waals surface area contributed by atoms with Crippen LogP contribution in [0.1, 0.15) is 0 Å². The first-order valence-corrected chi connectivity index (χ1v) is 6.66. The zero-order chi connectivity index (χ0) is 19.4. The van der Waals surface area contributed by atoms with E-state index in [-0.39, 0.29) is 0 Å². The Hall–Kier alpha value is -1.06. The molecule has 10 N–H and O–H groups in total. The van der Waals surface area contributed by atoms with Crippen LogP contribution in [-0.4, -0.2) is 126 Å². The van der Waals surface area contributed by atoms with E-state index < -0.39 is 74.6 Å². The van der Waals surface area contributed by atoms with Gasteiger partial charge in [-0.25, -0.2) is 0 Å². The third-order valence-corrected chi connectivity index (χ3v) is 2.78. The molecule has 0 saturated heterocycles. The standard InChI is InChI=1S/2C6H12O6/c2*7-1-3(9)5(11)6(12)4(10)2-8/h2*3,5-9,11-12H,1-2H2/t2*3-,5+,6-/m11/s1. The molecular weight excluding hydrogens is 336 g/mol. The summed E-state index contributed by atoms with van der Waals surface area (Å²) in [5.41, 5.74) is 0. The second kappa shape index (κ2) is 13.3. The molecular formula is C12H24O12. The fourth-order valence-electron chi connectivity index (χ4n) is 1.20. The molecule has 0 aliphatic rings. The third-order valence-electron chi connectivity index (χ3n) is 2.78. The summed E-state index contributed by atoms with van der Waals surface area (Å²) in [5.74, 6) is -2.01. The molecule has 0 fully saturated rings. The van der Waals surface area contributed by atoms with Gasteiger partial charge in [0, 0.05) is 0 Å². The van der Waals surface area contributed by atoms with E-state index in [2.05, 4.69) is 0 Å². The van der Waals surface area contributed by atoms with Crippen molar-refractivity contribution in [1.82, 2.24) is 0 Å². The van der Waals surface area contributed by atoms with Crippen LogP contribution in [0.15, 0.2) is 0 Å². The van der Waals surface area contributed by atoms with Gasteiger partial charge in [-0.3, -0.25) is 9.59 Å². The number of aliphatic hydroxyl groups is 10. The zero-order valence-electron chi connectivity index (χ0n) is 12.6. The van der Waals surface area contributed by atoms with E-state index in [1.165, 1.54) is 0 Å². The van der Waals surface area contributed by atoms with Crippen LogP contribution in [0, 0.1) is 0 Å². The van der Waals surface area contributed by atoms with Gasteiger partial charge in [-0.2, -0.15) is 0 Å². The molecule has 12 heteroatoms. The van der Waals surface area contributed by atoms with Crippen molar-refractivity contribution in [2.24, 2.45) is 0 Å². The van der Waals surface area contributed by atoms with Crippen LogP contribution >= 0.6 is 0 Å². The third kappa shape index (κ3) is 8.70. The summed E-state index contributed by atoms with van der Waals surface area (Å²) in [6.07, 6.45) is -10.4. The van der Waals surface area contributed by atoms with Crippen molar-refractivity contribution in [2.45, 2.75) is 36.6 Å².